The molecule has 104 valence electrons. The van der Waals surface area contributed by atoms with Gasteiger partial charge in [0.15, 0.2) is 11.5 Å². The fraction of sp³-hybridized carbons (Fsp3) is 0.500. The van der Waals surface area contributed by atoms with Gasteiger partial charge in [-0.05, 0) is 31.9 Å². The van der Waals surface area contributed by atoms with Crippen molar-refractivity contribution in [3.8, 4) is 17.2 Å². The molecule has 0 unspecified atom stereocenters. The number of methoxy groups -OCH3 is 1. The molecule has 0 spiro atoms. The van der Waals surface area contributed by atoms with Gasteiger partial charge in [-0.3, -0.25) is 4.79 Å². The Bertz CT molecular complexity index is 493. The first-order valence-corrected chi connectivity index (χ1v) is 6.14. The lowest BCUT2D eigenvalue weighted by Gasteiger charge is -2.24. The van der Waals surface area contributed by atoms with E-state index in [1.165, 1.54) is 0 Å². The van der Waals surface area contributed by atoms with Crippen molar-refractivity contribution >= 4 is 5.97 Å². The van der Waals surface area contributed by atoms with Crippen LogP contribution in [0.1, 0.15) is 19.4 Å². The highest BCUT2D eigenvalue weighted by Crippen LogP contribution is 2.39. The molecular formula is C14H18O5. The highest BCUT2D eigenvalue weighted by Gasteiger charge is 2.29. The van der Waals surface area contributed by atoms with Gasteiger partial charge < -0.3 is 19.3 Å². The van der Waals surface area contributed by atoms with Crippen LogP contribution in [0.2, 0.25) is 0 Å². The van der Waals surface area contributed by atoms with E-state index in [9.17, 15) is 9.90 Å². The van der Waals surface area contributed by atoms with E-state index in [0.717, 1.165) is 5.56 Å². The first kappa shape index (κ1) is 13.5. The molecule has 0 aliphatic carbocycles. The zero-order chi connectivity index (χ0) is 14.0. The first-order valence-electron chi connectivity index (χ1n) is 6.14. The number of fused-ring (bicyclic) bond motifs is 1. The SMILES string of the molecule is COc1cc2c(cc1CC(C)(C)C(=O)O)OCCO2. The van der Waals surface area contributed by atoms with Gasteiger partial charge in [-0.2, -0.15) is 0 Å². The van der Waals surface area contributed by atoms with E-state index in [1.807, 2.05) is 0 Å². The molecule has 1 N–H and O–H groups in total. The summed E-state index contributed by atoms with van der Waals surface area (Å²) in [6, 6.07) is 3.56. The first-order chi connectivity index (χ1) is 8.94. The van der Waals surface area contributed by atoms with Crippen LogP contribution in [0, 0.1) is 5.41 Å². The zero-order valence-electron chi connectivity index (χ0n) is 11.4. The molecule has 1 aliphatic heterocycles. The van der Waals surface area contributed by atoms with Crippen LogP contribution in [0.25, 0.3) is 0 Å². The third-order valence-electron chi connectivity index (χ3n) is 3.16. The van der Waals surface area contributed by atoms with E-state index in [1.54, 1.807) is 33.1 Å². The standard InChI is InChI=1S/C14H18O5/c1-14(2,13(15)16)8-9-6-11-12(7-10(9)17-3)19-5-4-18-11/h6-7H,4-5,8H2,1-3H3,(H,15,16). The van der Waals surface area contributed by atoms with Crippen LogP contribution >= 0.6 is 0 Å². The number of hydrogen-bond acceptors (Lipinski definition) is 4. The van der Waals surface area contributed by atoms with Gasteiger partial charge in [-0.25, -0.2) is 0 Å². The van der Waals surface area contributed by atoms with E-state index < -0.39 is 11.4 Å². The molecule has 0 saturated carbocycles. The Balaban J connectivity index is 2.36. The van der Waals surface area contributed by atoms with Crippen LogP contribution in [-0.2, 0) is 11.2 Å². The van der Waals surface area contributed by atoms with Gasteiger partial charge in [0.25, 0.3) is 0 Å². The van der Waals surface area contributed by atoms with Gasteiger partial charge in [0, 0.05) is 6.07 Å². The number of hydrogen-bond donors (Lipinski definition) is 1. The Kier molecular flexibility index (Phi) is 3.55. The van der Waals surface area contributed by atoms with E-state index >= 15 is 0 Å². The number of carboxylic acids is 1. The van der Waals surface area contributed by atoms with Crippen LogP contribution in [0.15, 0.2) is 12.1 Å². The lowest BCUT2D eigenvalue weighted by Crippen LogP contribution is -2.26. The lowest BCUT2D eigenvalue weighted by molar-refractivity contribution is -0.146. The summed E-state index contributed by atoms with van der Waals surface area (Å²) in [5.74, 6) is 1.06. The second-order valence-corrected chi connectivity index (χ2v) is 5.17. The maximum absolute atomic E-state index is 11.2. The fourth-order valence-electron chi connectivity index (χ4n) is 1.99. The van der Waals surface area contributed by atoms with Crippen molar-refractivity contribution in [2.45, 2.75) is 20.3 Å². The average molecular weight is 266 g/mol. The van der Waals surface area contributed by atoms with E-state index in [2.05, 4.69) is 0 Å². The Hall–Kier alpha value is -1.91. The lowest BCUT2D eigenvalue weighted by atomic mass is 9.85. The molecule has 1 aromatic rings. The predicted octanol–water partition coefficient (Wildman–Crippen LogP) is 2.12. The third kappa shape index (κ3) is 2.75. The molecule has 2 rings (SSSR count). The van der Waals surface area contributed by atoms with Crippen molar-refractivity contribution < 1.29 is 24.1 Å². The summed E-state index contributed by atoms with van der Waals surface area (Å²) in [4.78, 5) is 11.2. The average Bonchev–Trinajstić information content (AvgIpc) is 2.37. The molecule has 0 bridgehead atoms. The van der Waals surface area contributed by atoms with Crippen LogP contribution in [-0.4, -0.2) is 31.4 Å². The Morgan fingerprint density at radius 3 is 2.42 bits per heavy atom. The van der Waals surface area contributed by atoms with Gasteiger partial charge >= 0.3 is 5.97 Å². The second-order valence-electron chi connectivity index (χ2n) is 5.17. The molecule has 0 radical (unpaired) electrons. The minimum absolute atomic E-state index is 0.363. The minimum atomic E-state index is -0.864. The molecule has 0 saturated heterocycles. The predicted molar refractivity (Wildman–Crippen MR) is 69.1 cm³/mol. The summed E-state index contributed by atoms with van der Waals surface area (Å²) in [5.41, 5.74) is -0.0593. The summed E-state index contributed by atoms with van der Waals surface area (Å²) >= 11 is 0. The molecule has 1 aliphatic rings. The van der Waals surface area contributed by atoms with Crippen molar-refractivity contribution in [2.24, 2.45) is 5.41 Å². The van der Waals surface area contributed by atoms with E-state index in [4.69, 9.17) is 14.2 Å². The number of ether oxygens (including phenoxy) is 3. The van der Waals surface area contributed by atoms with Crippen molar-refractivity contribution in [1.29, 1.82) is 0 Å². The van der Waals surface area contributed by atoms with E-state index in [0.29, 0.717) is 36.9 Å². The third-order valence-corrected chi connectivity index (χ3v) is 3.16. The number of aliphatic carboxylic acids is 1. The molecular weight excluding hydrogens is 248 g/mol. The van der Waals surface area contributed by atoms with Crippen molar-refractivity contribution in [3.63, 3.8) is 0 Å². The highest BCUT2D eigenvalue weighted by atomic mass is 16.6. The summed E-state index contributed by atoms with van der Waals surface area (Å²) in [6.07, 6.45) is 0.363. The van der Waals surface area contributed by atoms with Gasteiger partial charge in [0.05, 0.1) is 12.5 Å². The van der Waals surface area contributed by atoms with Crippen molar-refractivity contribution in [3.05, 3.63) is 17.7 Å². The Morgan fingerprint density at radius 1 is 1.32 bits per heavy atom. The smallest absolute Gasteiger partial charge is 0.309 e. The maximum Gasteiger partial charge on any atom is 0.309 e. The zero-order valence-corrected chi connectivity index (χ0v) is 11.4. The molecule has 0 amide bonds. The summed E-state index contributed by atoms with van der Waals surface area (Å²) in [7, 11) is 1.56. The van der Waals surface area contributed by atoms with Crippen LogP contribution in [0.5, 0.6) is 17.2 Å². The number of rotatable bonds is 4. The molecule has 0 aromatic heterocycles. The van der Waals surface area contributed by atoms with Gasteiger partial charge in [0.2, 0.25) is 0 Å². The molecule has 1 heterocycles. The minimum Gasteiger partial charge on any atom is -0.496 e. The highest BCUT2D eigenvalue weighted by molar-refractivity contribution is 5.74. The van der Waals surface area contributed by atoms with Gasteiger partial charge in [0.1, 0.15) is 19.0 Å². The summed E-state index contributed by atoms with van der Waals surface area (Å²) in [6.45, 7) is 4.38. The quantitative estimate of drug-likeness (QED) is 0.904. The molecule has 5 nitrogen and oxygen atoms in total. The second kappa shape index (κ2) is 4.99. The molecule has 19 heavy (non-hydrogen) atoms. The van der Waals surface area contributed by atoms with E-state index in [-0.39, 0.29) is 0 Å². The Labute approximate surface area is 112 Å². The largest absolute Gasteiger partial charge is 0.496 e. The van der Waals surface area contributed by atoms with Gasteiger partial charge in [-0.15, -0.1) is 0 Å². The fourth-order valence-corrected chi connectivity index (χ4v) is 1.99. The Morgan fingerprint density at radius 2 is 1.89 bits per heavy atom. The molecule has 1 aromatic carbocycles. The number of carbonyl (C=O) groups is 1. The molecule has 0 atom stereocenters. The van der Waals surface area contributed by atoms with Crippen LogP contribution in [0.4, 0.5) is 0 Å². The monoisotopic (exact) mass is 266 g/mol. The summed E-state index contributed by atoms with van der Waals surface area (Å²) < 4.78 is 16.3. The number of carboxylic acid groups (broad SMARTS) is 1. The number of benzene rings is 1. The van der Waals surface area contributed by atoms with Crippen molar-refractivity contribution in [1.82, 2.24) is 0 Å². The molecule has 0 fully saturated rings. The maximum atomic E-state index is 11.2. The molecule has 5 heteroatoms. The van der Waals surface area contributed by atoms with Crippen LogP contribution in [0.3, 0.4) is 0 Å². The summed E-state index contributed by atoms with van der Waals surface area (Å²) in [5, 5.41) is 9.21. The van der Waals surface area contributed by atoms with Crippen molar-refractivity contribution in [2.75, 3.05) is 20.3 Å². The topological polar surface area (TPSA) is 65.0 Å². The van der Waals surface area contributed by atoms with Crippen LogP contribution < -0.4 is 14.2 Å². The van der Waals surface area contributed by atoms with Gasteiger partial charge in [-0.1, -0.05) is 0 Å². The normalized spacial score (nSPS) is 14.1.